The summed E-state index contributed by atoms with van der Waals surface area (Å²) in [5.74, 6) is -0.745. The molecule has 10 heteroatoms. The lowest BCUT2D eigenvalue weighted by Gasteiger charge is -2.13. The van der Waals surface area contributed by atoms with Gasteiger partial charge in [0, 0.05) is 11.9 Å². The molecule has 0 saturated carbocycles. The highest BCUT2D eigenvalue weighted by Gasteiger charge is 2.39. The van der Waals surface area contributed by atoms with E-state index in [-0.39, 0.29) is 15.7 Å². The van der Waals surface area contributed by atoms with Gasteiger partial charge in [0.05, 0.1) is 22.5 Å². The molecule has 0 aliphatic heterocycles. The first kappa shape index (κ1) is 20.2. The number of hydrogen-bond acceptors (Lipinski definition) is 3. The lowest BCUT2D eigenvalue weighted by molar-refractivity contribution is -0.143. The molecule has 146 valence electrons. The monoisotopic (exact) mass is 429 g/mol. The smallest absolute Gasteiger partial charge is 0.294 e. The van der Waals surface area contributed by atoms with E-state index in [1.165, 1.54) is 35.0 Å². The summed E-state index contributed by atoms with van der Waals surface area (Å²) in [6, 6.07) is 5.53. The van der Waals surface area contributed by atoms with Crippen LogP contribution in [0.3, 0.4) is 0 Å². The van der Waals surface area contributed by atoms with Gasteiger partial charge in [0.25, 0.3) is 5.56 Å². The van der Waals surface area contributed by atoms with Crippen molar-refractivity contribution in [3.05, 3.63) is 73.9 Å². The Morgan fingerprint density at radius 3 is 2.21 bits per heavy atom. The van der Waals surface area contributed by atoms with Crippen molar-refractivity contribution in [3.8, 4) is 11.4 Å². The highest BCUT2D eigenvalue weighted by Crippen LogP contribution is 2.34. The molecule has 0 radical (unpaired) electrons. The van der Waals surface area contributed by atoms with Crippen molar-refractivity contribution in [2.24, 2.45) is 0 Å². The average Bonchev–Trinajstić information content (AvgIpc) is 3.09. The second kappa shape index (κ2) is 7.10. The Labute approximate surface area is 166 Å². The number of halogens is 5. The number of pyridine rings is 1. The number of carbonyl (C=O) groups excluding carboxylic acids is 1. The number of alkyl halides is 3. The minimum Gasteiger partial charge on any atom is -0.294 e. The number of rotatable bonds is 3. The summed E-state index contributed by atoms with van der Waals surface area (Å²) in [7, 11) is 0. The molecule has 0 aliphatic carbocycles. The Balaban J connectivity index is 2.11. The second-order valence-corrected chi connectivity index (χ2v) is 6.77. The number of benzene rings is 1. The highest BCUT2D eigenvalue weighted by molar-refractivity contribution is 6.35. The molecule has 0 atom stereocenters. The molecule has 0 saturated heterocycles. The fourth-order valence-electron chi connectivity index (χ4n) is 2.66. The normalized spacial score (nSPS) is 11.7. The SMILES string of the molecule is CC(=O)c1cnn(-c2ccc(-n3cc(Cl)c(C)c(Cl)c3=O)cc2)c1C(F)(F)F. The van der Waals surface area contributed by atoms with Crippen LogP contribution in [-0.4, -0.2) is 20.1 Å². The maximum Gasteiger partial charge on any atom is 0.434 e. The molecule has 0 amide bonds. The molecule has 2 heterocycles. The van der Waals surface area contributed by atoms with Crippen LogP contribution in [0.15, 0.2) is 41.5 Å². The summed E-state index contributed by atoms with van der Waals surface area (Å²) in [6.07, 6.45) is -2.52. The number of aromatic nitrogens is 3. The molecule has 3 rings (SSSR count). The maximum absolute atomic E-state index is 13.4. The van der Waals surface area contributed by atoms with Crippen LogP contribution >= 0.6 is 23.2 Å². The van der Waals surface area contributed by atoms with E-state index < -0.39 is 28.8 Å². The first-order valence-electron chi connectivity index (χ1n) is 7.86. The molecular weight excluding hydrogens is 418 g/mol. The van der Waals surface area contributed by atoms with E-state index in [1.54, 1.807) is 6.92 Å². The Bertz CT molecular complexity index is 1130. The Hall–Kier alpha value is -2.58. The highest BCUT2D eigenvalue weighted by atomic mass is 35.5. The van der Waals surface area contributed by atoms with E-state index in [1.807, 2.05) is 0 Å². The lowest BCUT2D eigenvalue weighted by atomic mass is 10.1. The number of hydrogen-bond donors (Lipinski definition) is 0. The largest absolute Gasteiger partial charge is 0.434 e. The summed E-state index contributed by atoms with van der Waals surface area (Å²) in [5, 5.41) is 3.92. The Morgan fingerprint density at radius 1 is 1.11 bits per heavy atom. The molecule has 5 nitrogen and oxygen atoms in total. The van der Waals surface area contributed by atoms with Gasteiger partial charge < -0.3 is 0 Å². The van der Waals surface area contributed by atoms with Crippen molar-refractivity contribution in [1.29, 1.82) is 0 Å². The maximum atomic E-state index is 13.4. The molecule has 0 unspecified atom stereocenters. The van der Waals surface area contributed by atoms with Gasteiger partial charge in [-0.25, -0.2) is 4.68 Å². The molecule has 0 N–H and O–H groups in total. The molecule has 0 fully saturated rings. The zero-order valence-corrected chi connectivity index (χ0v) is 16.0. The van der Waals surface area contributed by atoms with Crippen molar-refractivity contribution < 1.29 is 18.0 Å². The number of Topliss-reactive ketones (excluding diaryl/α,β-unsaturated/α-hetero) is 1. The van der Waals surface area contributed by atoms with Gasteiger partial charge in [-0.3, -0.25) is 14.2 Å². The summed E-state index contributed by atoms with van der Waals surface area (Å²) < 4.78 is 42.1. The predicted octanol–water partition coefficient (Wildman–Crippen LogP) is 4.86. The first-order valence-corrected chi connectivity index (χ1v) is 8.62. The van der Waals surface area contributed by atoms with Gasteiger partial charge in [-0.05, 0) is 43.7 Å². The van der Waals surface area contributed by atoms with E-state index in [0.29, 0.717) is 15.9 Å². The molecule has 3 aromatic rings. The van der Waals surface area contributed by atoms with Gasteiger partial charge >= 0.3 is 6.18 Å². The average molecular weight is 430 g/mol. The van der Waals surface area contributed by atoms with E-state index in [4.69, 9.17) is 23.2 Å². The fraction of sp³-hybridized carbons (Fsp3) is 0.167. The third kappa shape index (κ3) is 3.45. The summed E-state index contributed by atoms with van der Waals surface area (Å²) in [5.41, 5.74) is -1.34. The Morgan fingerprint density at radius 2 is 1.68 bits per heavy atom. The second-order valence-electron chi connectivity index (χ2n) is 5.98. The van der Waals surface area contributed by atoms with Crippen LogP contribution in [0.4, 0.5) is 13.2 Å². The van der Waals surface area contributed by atoms with Crippen molar-refractivity contribution in [1.82, 2.24) is 14.3 Å². The van der Waals surface area contributed by atoms with Crippen molar-refractivity contribution in [2.75, 3.05) is 0 Å². The zero-order valence-electron chi connectivity index (χ0n) is 14.5. The molecule has 0 aliphatic rings. The van der Waals surface area contributed by atoms with Crippen LogP contribution in [0, 0.1) is 6.92 Å². The van der Waals surface area contributed by atoms with Gasteiger partial charge in [0.15, 0.2) is 11.5 Å². The van der Waals surface area contributed by atoms with Crippen LogP contribution in [0.2, 0.25) is 10.0 Å². The van der Waals surface area contributed by atoms with E-state index in [2.05, 4.69) is 5.10 Å². The summed E-state index contributed by atoms with van der Waals surface area (Å²) in [4.78, 5) is 23.8. The topological polar surface area (TPSA) is 56.9 Å². The van der Waals surface area contributed by atoms with Crippen LogP contribution in [0.1, 0.15) is 28.5 Å². The van der Waals surface area contributed by atoms with Gasteiger partial charge in [0.1, 0.15) is 5.02 Å². The predicted molar refractivity (Wildman–Crippen MR) is 98.9 cm³/mol. The fourth-order valence-corrected chi connectivity index (χ4v) is 3.09. The van der Waals surface area contributed by atoms with Crippen LogP contribution in [-0.2, 0) is 6.18 Å². The summed E-state index contributed by atoms with van der Waals surface area (Å²) >= 11 is 12.0. The van der Waals surface area contributed by atoms with Gasteiger partial charge in [-0.2, -0.15) is 18.3 Å². The Kier molecular flexibility index (Phi) is 5.12. The van der Waals surface area contributed by atoms with E-state index in [0.717, 1.165) is 13.1 Å². The van der Waals surface area contributed by atoms with Crippen LogP contribution in [0.25, 0.3) is 11.4 Å². The third-order valence-corrected chi connectivity index (χ3v) is 4.95. The van der Waals surface area contributed by atoms with E-state index in [9.17, 15) is 22.8 Å². The number of nitrogens with zero attached hydrogens (tertiary/aromatic N) is 3. The first-order chi connectivity index (χ1) is 13.0. The van der Waals surface area contributed by atoms with Crippen LogP contribution in [0.5, 0.6) is 0 Å². The zero-order chi connectivity index (χ0) is 20.8. The number of carbonyl (C=O) groups is 1. The molecular formula is C18H12Cl2F3N3O2. The van der Waals surface area contributed by atoms with E-state index >= 15 is 0 Å². The number of ketones is 1. The minimum absolute atomic E-state index is 0.0471. The quantitative estimate of drug-likeness (QED) is 0.558. The van der Waals surface area contributed by atoms with Crippen molar-refractivity contribution in [2.45, 2.75) is 20.0 Å². The third-order valence-electron chi connectivity index (χ3n) is 4.13. The summed E-state index contributed by atoms with van der Waals surface area (Å²) in [6.45, 7) is 2.64. The van der Waals surface area contributed by atoms with Gasteiger partial charge in [-0.15, -0.1) is 0 Å². The minimum atomic E-state index is -4.77. The van der Waals surface area contributed by atoms with Crippen LogP contribution < -0.4 is 5.56 Å². The molecule has 2 aromatic heterocycles. The molecule has 1 aromatic carbocycles. The van der Waals surface area contributed by atoms with Gasteiger partial charge in [-0.1, -0.05) is 23.2 Å². The standard InChI is InChI=1S/C18H12Cl2F3N3O2/c1-9-14(19)8-25(17(28)15(9)20)11-3-5-12(6-4-11)26-16(18(21,22)23)13(7-24-26)10(2)27/h3-8H,1-2H3. The van der Waals surface area contributed by atoms with Crippen molar-refractivity contribution >= 4 is 29.0 Å². The van der Waals surface area contributed by atoms with Gasteiger partial charge in [0.2, 0.25) is 0 Å². The molecule has 0 bridgehead atoms. The molecule has 0 spiro atoms. The van der Waals surface area contributed by atoms with Crippen molar-refractivity contribution in [3.63, 3.8) is 0 Å². The molecule has 28 heavy (non-hydrogen) atoms. The lowest BCUT2D eigenvalue weighted by Crippen LogP contribution is -2.19.